The second kappa shape index (κ2) is 5.79. The number of nitriles is 2. The van der Waals surface area contributed by atoms with Gasteiger partial charge < -0.3 is 0 Å². The Hall–Kier alpha value is -1.66. The van der Waals surface area contributed by atoms with E-state index in [2.05, 4.69) is 21.0 Å². The number of carbonyl (C=O) groups is 1. The van der Waals surface area contributed by atoms with Gasteiger partial charge >= 0.3 is 0 Å². The summed E-state index contributed by atoms with van der Waals surface area (Å²) in [6, 6.07) is 3.77. The summed E-state index contributed by atoms with van der Waals surface area (Å²) < 4.78 is 2.13. The van der Waals surface area contributed by atoms with Crippen LogP contribution in [-0.4, -0.2) is 15.7 Å². The number of aromatic nitrogens is 2. The molecule has 1 atom stereocenters. The second-order valence-electron chi connectivity index (χ2n) is 4.21. The third-order valence-electron chi connectivity index (χ3n) is 2.78. The summed E-state index contributed by atoms with van der Waals surface area (Å²) in [5, 5.41) is 21.7. The lowest BCUT2D eigenvalue weighted by molar-refractivity contribution is 0.0859. The van der Waals surface area contributed by atoms with E-state index in [-0.39, 0.29) is 18.2 Å². The summed E-state index contributed by atoms with van der Waals surface area (Å²) in [4.78, 5) is 12.0. The van der Waals surface area contributed by atoms with E-state index in [0.29, 0.717) is 0 Å². The van der Waals surface area contributed by atoms with Crippen LogP contribution in [0.1, 0.15) is 29.5 Å². The van der Waals surface area contributed by atoms with E-state index in [9.17, 15) is 4.79 Å². The highest BCUT2D eigenvalue weighted by molar-refractivity contribution is 9.10. The number of rotatable bonds is 3. The normalized spacial score (nSPS) is 11.9. The molecule has 5 nitrogen and oxygen atoms in total. The van der Waals surface area contributed by atoms with Gasteiger partial charge in [-0.25, -0.2) is 4.68 Å². The van der Waals surface area contributed by atoms with Crippen LogP contribution in [0.4, 0.5) is 0 Å². The van der Waals surface area contributed by atoms with E-state index < -0.39 is 5.92 Å². The smallest absolute Gasteiger partial charge is 0.247 e. The van der Waals surface area contributed by atoms with Crippen molar-refractivity contribution in [2.45, 2.75) is 27.2 Å². The molecule has 0 unspecified atom stereocenters. The monoisotopic (exact) mass is 308 g/mol. The summed E-state index contributed by atoms with van der Waals surface area (Å²) in [6.45, 7) is 5.31. The van der Waals surface area contributed by atoms with Crippen molar-refractivity contribution >= 4 is 21.8 Å². The highest BCUT2D eigenvalue weighted by atomic mass is 79.9. The van der Waals surface area contributed by atoms with E-state index in [0.717, 1.165) is 15.9 Å². The average molecular weight is 309 g/mol. The van der Waals surface area contributed by atoms with Crippen LogP contribution >= 0.6 is 15.9 Å². The Bertz CT molecular complexity index is 536. The molecular weight excluding hydrogens is 296 g/mol. The Labute approximate surface area is 114 Å². The van der Waals surface area contributed by atoms with Gasteiger partial charge in [0.25, 0.3) is 0 Å². The predicted octanol–water partition coefficient (Wildman–Crippen LogP) is 2.59. The van der Waals surface area contributed by atoms with E-state index in [4.69, 9.17) is 10.5 Å². The molecule has 0 N–H and O–H groups in total. The van der Waals surface area contributed by atoms with E-state index in [1.165, 1.54) is 4.68 Å². The van der Waals surface area contributed by atoms with Gasteiger partial charge in [-0.2, -0.15) is 15.6 Å². The Morgan fingerprint density at radius 3 is 2.39 bits per heavy atom. The van der Waals surface area contributed by atoms with Crippen LogP contribution in [0.5, 0.6) is 0 Å². The van der Waals surface area contributed by atoms with Crippen molar-refractivity contribution in [3.63, 3.8) is 0 Å². The molecule has 0 aromatic carbocycles. The van der Waals surface area contributed by atoms with Crippen molar-refractivity contribution in [3.8, 4) is 12.1 Å². The van der Waals surface area contributed by atoms with Crippen molar-refractivity contribution < 1.29 is 4.79 Å². The van der Waals surface area contributed by atoms with E-state index in [1.54, 1.807) is 20.8 Å². The lowest BCUT2D eigenvalue weighted by atomic mass is 9.93. The number of aryl methyl sites for hydroxylation is 1. The first-order chi connectivity index (χ1) is 8.42. The van der Waals surface area contributed by atoms with Crippen LogP contribution in [-0.2, 0) is 0 Å². The average Bonchev–Trinajstić information content (AvgIpc) is 2.58. The molecule has 6 heteroatoms. The molecule has 1 heterocycles. The molecule has 0 radical (unpaired) electrons. The third kappa shape index (κ3) is 2.77. The largest absolute Gasteiger partial charge is 0.273 e. The molecule has 94 valence electrons. The molecule has 18 heavy (non-hydrogen) atoms. The lowest BCUT2D eigenvalue weighted by Gasteiger charge is -2.10. The highest BCUT2D eigenvalue weighted by Crippen LogP contribution is 2.21. The Kier molecular flexibility index (Phi) is 4.63. The van der Waals surface area contributed by atoms with Crippen LogP contribution in [0.3, 0.4) is 0 Å². The lowest BCUT2D eigenvalue weighted by Crippen LogP contribution is -2.20. The zero-order valence-electron chi connectivity index (χ0n) is 10.4. The molecule has 0 aliphatic heterocycles. The van der Waals surface area contributed by atoms with Crippen LogP contribution < -0.4 is 0 Å². The summed E-state index contributed by atoms with van der Waals surface area (Å²) >= 11 is 3.35. The molecule has 1 aromatic rings. The van der Waals surface area contributed by atoms with Crippen molar-refractivity contribution in [1.29, 1.82) is 10.5 Å². The van der Waals surface area contributed by atoms with Gasteiger partial charge in [-0.15, -0.1) is 0 Å². The number of nitrogens with zero attached hydrogens (tertiary/aromatic N) is 4. The quantitative estimate of drug-likeness (QED) is 0.859. The number of hydrogen-bond acceptors (Lipinski definition) is 4. The van der Waals surface area contributed by atoms with Gasteiger partial charge in [0.1, 0.15) is 5.92 Å². The molecule has 1 aromatic heterocycles. The molecule has 0 amide bonds. The molecule has 0 aliphatic carbocycles. The first kappa shape index (κ1) is 14.4. The van der Waals surface area contributed by atoms with Crippen LogP contribution in [0.25, 0.3) is 0 Å². The third-order valence-corrected chi connectivity index (χ3v) is 3.93. The molecule has 0 saturated carbocycles. The standard InChI is InChI=1S/C12H13BrN4O/c1-7(10(5-14)6-15)4-11(18)17-9(3)12(13)8(2)16-17/h7,10H,4H2,1-3H3/t7-/m0/s1. The van der Waals surface area contributed by atoms with Crippen molar-refractivity contribution in [1.82, 2.24) is 9.78 Å². The minimum absolute atomic E-state index is 0.125. The summed E-state index contributed by atoms with van der Waals surface area (Å²) in [5.74, 6) is -1.28. The Balaban J connectivity index is 2.88. The predicted molar refractivity (Wildman–Crippen MR) is 68.5 cm³/mol. The van der Waals surface area contributed by atoms with E-state index >= 15 is 0 Å². The van der Waals surface area contributed by atoms with Crippen LogP contribution in [0.2, 0.25) is 0 Å². The van der Waals surface area contributed by atoms with Gasteiger partial charge in [0.2, 0.25) is 5.91 Å². The first-order valence-corrected chi connectivity index (χ1v) is 6.25. The molecule has 0 saturated heterocycles. The minimum atomic E-state index is -0.769. The minimum Gasteiger partial charge on any atom is -0.273 e. The van der Waals surface area contributed by atoms with Crippen LogP contribution in [0.15, 0.2) is 4.47 Å². The number of halogens is 1. The summed E-state index contributed by atoms with van der Waals surface area (Å²) in [5.41, 5.74) is 1.47. The zero-order valence-corrected chi connectivity index (χ0v) is 12.0. The topological polar surface area (TPSA) is 82.5 Å². The fourth-order valence-electron chi connectivity index (χ4n) is 1.63. The maximum atomic E-state index is 12.0. The molecule has 0 aliphatic rings. The molecular formula is C12H13BrN4O. The zero-order chi connectivity index (χ0) is 13.9. The first-order valence-electron chi connectivity index (χ1n) is 5.46. The molecule has 0 spiro atoms. The van der Waals surface area contributed by atoms with Crippen LogP contribution in [0, 0.1) is 48.3 Å². The Morgan fingerprint density at radius 1 is 1.44 bits per heavy atom. The summed E-state index contributed by atoms with van der Waals surface area (Å²) in [7, 11) is 0. The van der Waals surface area contributed by atoms with Crippen molar-refractivity contribution in [2.75, 3.05) is 0 Å². The summed E-state index contributed by atoms with van der Waals surface area (Å²) in [6.07, 6.45) is 0.125. The van der Waals surface area contributed by atoms with Gasteiger partial charge in [0.15, 0.2) is 0 Å². The molecule has 0 fully saturated rings. The van der Waals surface area contributed by atoms with Crippen molar-refractivity contribution in [3.05, 3.63) is 15.9 Å². The van der Waals surface area contributed by atoms with Gasteiger partial charge in [-0.1, -0.05) is 6.92 Å². The highest BCUT2D eigenvalue weighted by Gasteiger charge is 2.22. The van der Waals surface area contributed by atoms with Crippen molar-refractivity contribution in [2.24, 2.45) is 11.8 Å². The van der Waals surface area contributed by atoms with Gasteiger partial charge in [0, 0.05) is 6.42 Å². The maximum Gasteiger partial charge on any atom is 0.247 e. The fourth-order valence-corrected chi connectivity index (χ4v) is 1.88. The Morgan fingerprint density at radius 2 is 2.00 bits per heavy atom. The SMILES string of the molecule is Cc1nn(C(=O)C[C@H](C)C(C#N)C#N)c(C)c1Br. The second-order valence-corrected chi connectivity index (χ2v) is 5.00. The molecule has 0 bridgehead atoms. The maximum absolute atomic E-state index is 12.0. The fraction of sp³-hybridized carbons (Fsp3) is 0.500. The van der Waals surface area contributed by atoms with Gasteiger partial charge in [0.05, 0.1) is 28.0 Å². The number of hydrogen-bond donors (Lipinski definition) is 0. The number of carbonyl (C=O) groups excluding carboxylic acids is 1. The van der Waals surface area contributed by atoms with E-state index in [1.807, 2.05) is 12.1 Å². The molecule has 1 rings (SSSR count). The van der Waals surface area contributed by atoms with Gasteiger partial charge in [-0.05, 0) is 35.7 Å². The van der Waals surface area contributed by atoms with Gasteiger partial charge in [-0.3, -0.25) is 4.79 Å².